The zero-order valence-corrected chi connectivity index (χ0v) is 13.3. The summed E-state index contributed by atoms with van der Waals surface area (Å²) in [5, 5.41) is 4.19. The average molecular weight is 300 g/mol. The summed E-state index contributed by atoms with van der Waals surface area (Å²) in [5.41, 5.74) is 2.20. The second-order valence-electron chi connectivity index (χ2n) is 6.19. The minimum Gasteiger partial charge on any atom is -0.456 e. The van der Waals surface area contributed by atoms with E-state index in [0.29, 0.717) is 17.8 Å². The summed E-state index contributed by atoms with van der Waals surface area (Å²) in [4.78, 5) is 22.9. The van der Waals surface area contributed by atoms with Gasteiger partial charge in [0.1, 0.15) is 11.3 Å². The molecule has 0 aliphatic heterocycles. The second kappa shape index (κ2) is 6.13. The van der Waals surface area contributed by atoms with Crippen LogP contribution in [-0.2, 0) is 11.3 Å². The van der Waals surface area contributed by atoms with Gasteiger partial charge in [0.2, 0.25) is 0 Å². The van der Waals surface area contributed by atoms with E-state index in [2.05, 4.69) is 5.10 Å². The number of rotatable bonds is 4. The summed E-state index contributed by atoms with van der Waals surface area (Å²) < 4.78 is 7.10. The van der Waals surface area contributed by atoms with E-state index < -0.39 is 5.60 Å². The molecule has 1 aromatic heterocycles. The lowest BCUT2D eigenvalue weighted by atomic mass is 10.1. The molecule has 22 heavy (non-hydrogen) atoms. The summed E-state index contributed by atoms with van der Waals surface area (Å²) in [5.74, 6) is -0.347. The maximum absolute atomic E-state index is 12.1. The van der Waals surface area contributed by atoms with Crippen LogP contribution < -0.4 is 0 Å². The van der Waals surface area contributed by atoms with E-state index in [0.717, 1.165) is 17.5 Å². The summed E-state index contributed by atoms with van der Waals surface area (Å²) in [6.07, 6.45) is 0.723. The molecule has 0 aliphatic carbocycles. The Bertz CT molecular complexity index is 696. The topological polar surface area (TPSA) is 61.2 Å². The van der Waals surface area contributed by atoms with E-state index in [1.807, 2.05) is 39.8 Å². The fraction of sp³-hybridized carbons (Fsp3) is 0.353. The van der Waals surface area contributed by atoms with Gasteiger partial charge in [0, 0.05) is 5.69 Å². The minimum atomic E-state index is -0.523. The number of hydrogen-bond donors (Lipinski definition) is 0. The van der Waals surface area contributed by atoms with Crippen LogP contribution in [0.25, 0.3) is 0 Å². The molecule has 0 aliphatic rings. The van der Waals surface area contributed by atoms with Gasteiger partial charge in [-0.15, -0.1) is 0 Å². The molecule has 116 valence electrons. The summed E-state index contributed by atoms with van der Waals surface area (Å²) in [6.45, 7) is 7.89. The quantitative estimate of drug-likeness (QED) is 0.643. The van der Waals surface area contributed by atoms with E-state index in [9.17, 15) is 9.59 Å². The normalized spacial score (nSPS) is 11.3. The summed E-state index contributed by atoms with van der Waals surface area (Å²) >= 11 is 0. The third-order valence-corrected chi connectivity index (χ3v) is 3.01. The fourth-order valence-electron chi connectivity index (χ4n) is 2.06. The van der Waals surface area contributed by atoms with Crippen molar-refractivity contribution in [3.05, 3.63) is 52.8 Å². The number of hydrogen-bond acceptors (Lipinski definition) is 4. The predicted octanol–water partition coefficient (Wildman–Crippen LogP) is 3.01. The highest BCUT2D eigenvalue weighted by Gasteiger charge is 2.18. The number of esters is 1. The molecule has 0 bridgehead atoms. The fourth-order valence-corrected chi connectivity index (χ4v) is 2.06. The van der Waals surface area contributed by atoms with Gasteiger partial charge in [-0.3, -0.25) is 9.48 Å². The van der Waals surface area contributed by atoms with E-state index >= 15 is 0 Å². The number of aldehydes is 1. The van der Waals surface area contributed by atoms with Gasteiger partial charge >= 0.3 is 5.97 Å². The van der Waals surface area contributed by atoms with E-state index in [1.54, 1.807) is 22.9 Å². The molecule has 5 heteroatoms. The zero-order chi connectivity index (χ0) is 16.3. The van der Waals surface area contributed by atoms with Crippen LogP contribution in [0.15, 0.2) is 30.3 Å². The highest BCUT2D eigenvalue weighted by Crippen LogP contribution is 2.14. The van der Waals surface area contributed by atoms with Crippen molar-refractivity contribution in [1.82, 2.24) is 9.78 Å². The first-order chi connectivity index (χ1) is 10.3. The van der Waals surface area contributed by atoms with Crippen LogP contribution in [0, 0.1) is 6.92 Å². The predicted molar refractivity (Wildman–Crippen MR) is 83.1 cm³/mol. The molecule has 0 saturated heterocycles. The lowest BCUT2D eigenvalue weighted by Gasteiger charge is -2.19. The third-order valence-electron chi connectivity index (χ3n) is 3.01. The van der Waals surface area contributed by atoms with Crippen LogP contribution in [-0.4, -0.2) is 27.6 Å². The van der Waals surface area contributed by atoms with E-state index in [-0.39, 0.29) is 5.97 Å². The van der Waals surface area contributed by atoms with Gasteiger partial charge in [-0.2, -0.15) is 5.10 Å². The van der Waals surface area contributed by atoms with Crippen LogP contribution in [0.4, 0.5) is 0 Å². The Morgan fingerprint density at radius 1 is 1.32 bits per heavy atom. The lowest BCUT2D eigenvalue weighted by Crippen LogP contribution is -2.24. The van der Waals surface area contributed by atoms with E-state index in [1.165, 1.54) is 0 Å². The Kier molecular flexibility index (Phi) is 4.45. The van der Waals surface area contributed by atoms with Crippen LogP contribution in [0.1, 0.15) is 52.9 Å². The zero-order valence-electron chi connectivity index (χ0n) is 13.3. The molecule has 1 aromatic carbocycles. The number of ether oxygens (including phenoxy) is 1. The maximum Gasteiger partial charge on any atom is 0.338 e. The first kappa shape index (κ1) is 15.9. The third kappa shape index (κ3) is 4.04. The molecule has 0 amide bonds. The Hall–Kier alpha value is -2.43. The second-order valence-corrected chi connectivity index (χ2v) is 6.19. The molecule has 0 saturated carbocycles. The highest BCUT2D eigenvalue weighted by atomic mass is 16.6. The molecule has 0 spiro atoms. The summed E-state index contributed by atoms with van der Waals surface area (Å²) in [6, 6.07) is 8.97. The molecular weight excluding hydrogens is 280 g/mol. The number of carbonyl (C=O) groups is 2. The van der Waals surface area contributed by atoms with Gasteiger partial charge in [-0.25, -0.2) is 4.79 Å². The minimum absolute atomic E-state index is 0.347. The molecule has 0 radical (unpaired) electrons. The first-order valence-electron chi connectivity index (χ1n) is 7.10. The van der Waals surface area contributed by atoms with Crippen molar-refractivity contribution in [1.29, 1.82) is 0 Å². The Labute approximate surface area is 129 Å². The van der Waals surface area contributed by atoms with Crippen LogP contribution in [0.2, 0.25) is 0 Å². The smallest absolute Gasteiger partial charge is 0.338 e. The van der Waals surface area contributed by atoms with Crippen molar-refractivity contribution in [2.75, 3.05) is 0 Å². The van der Waals surface area contributed by atoms with Gasteiger partial charge in [0.15, 0.2) is 6.29 Å². The molecule has 1 heterocycles. The average Bonchev–Trinajstić information content (AvgIpc) is 2.78. The van der Waals surface area contributed by atoms with Crippen LogP contribution >= 0.6 is 0 Å². The largest absolute Gasteiger partial charge is 0.456 e. The molecule has 2 aromatic rings. The molecule has 0 atom stereocenters. The van der Waals surface area contributed by atoms with Crippen molar-refractivity contribution < 1.29 is 14.3 Å². The number of aromatic nitrogens is 2. The molecule has 0 unspecified atom stereocenters. The van der Waals surface area contributed by atoms with Gasteiger partial charge in [0.25, 0.3) is 0 Å². The van der Waals surface area contributed by atoms with Crippen molar-refractivity contribution in [3.8, 4) is 0 Å². The number of nitrogens with zero attached hydrogens (tertiary/aromatic N) is 2. The molecule has 5 nitrogen and oxygen atoms in total. The molecular formula is C17H20N2O3. The monoisotopic (exact) mass is 300 g/mol. The van der Waals surface area contributed by atoms with Crippen molar-refractivity contribution in [2.24, 2.45) is 0 Å². The van der Waals surface area contributed by atoms with Crippen molar-refractivity contribution in [2.45, 2.75) is 39.8 Å². The van der Waals surface area contributed by atoms with Crippen molar-refractivity contribution >= 4 is 12.3 Å². The van der Waals surface area contributed by atoms with E-state index in [4.69, 9.17) is 4.74 Å². The van der Waals surface area contributed by atoms with Crippen LogP contribution in [0.5, 0.6) is 0 Å². The lowest BCUT2D eigenvalue weighted by molar-refractivity contribution is 0.00693. The maximum atomic E-state index is 12.1. The van der Waals surface area contributed by atoms with Crippen LogP contribution in [0.3, 0.4) is 0 Å². The standard InChI is InChI=1S/C17H20N2O3/c1-12-8-15(11-20)18-19(12)10-13-6-5-7-14(9-13)16(21)22-17(2,3)4/h5-9,11H,10H2,1-4H3. The molecule has 0 N–H and O–H groups in total. The number of carbonyl (C=O) groups excluding carboxylic acids is 2. The SMILES string of the molecule is Cc1cc(C=O)nn1Cc1cccc(C(=O)OC(C)(C)C)c1. The van der Waals surface area contributed by atoms with Gasteiger partial charge in [0.05, 0.1) is 12.1 Å². The van der Waals surface area contributed by atoms with Gasteiger partial charge in [-0.05, 0) is 51.5 Å². The highest BCUT2D eigenvalue weighted by molar-refractivity contribution is 5.89. The van der Waals surface area contributed by atoms with Gasteiger partial charge < -0.3 is 4.74 Å². The number of aryl methyl sites for hydroxylation is 1. The summed E-state index contributed by atoms with van der Waals surface area (Å²) in [7, 11) is 0. The molecule has 2 rings (SSSR count). The Balaban J connectivity index is 2.19. The number of benzene rings is 1. The Morgan fingerprint density at radius 3 is 2.64 bits per heavy atom. The molecule has 0 fully saturated rings. The Morgan fingerprint density at radius 2 is 2.05 bits per heavy atom. The van der Waals surface area contributed by atoms with Crippen molar-refractivity contribution in [3.63, 3.8) is 0 Å². The first-order valence-corrected chi connectivity index (χ1v) is 7.10. The van der Waals surface area contributed by atoms with Gasteiger partial charge in [-0.1, -0.05) is 12.1 Å².